The topological polar surface area (TPSA) is 68.1 Å². The van der Waals surface area contributed by atoms with Gasteiger partial charge in [0.25, 0.3) is 0 Å². The van der Waals surface area contributed by atoms with Crippen molar-refractivity contribution in [3.8, 4) is 5.82 Å². The van der Waals surface area contributed by atoms with Crippen LogP contribution < -0.4 is 10.2 Å². The summed E-state index contributed by atoms with van der Waals surface area (Å²) in [6, 6.07) is 10.3. The van der Waals surface area contributed by atoms with Gasteiger partial charge in [-0.3, -0.25) is 4.57 Å². The highest BCUT2D eigenvalue weighted by Crippen LogP contribution is 2.28. The molecule has 7 nitrogen and oxygen atoms in total. The van der Waals surface area contributed by atoms with E-state index in [1.807, 2.05) is 24.5 Å². The van der Waals surface area contributed by atoms with Crippen LogP contribution in [0.3, 0.4) is 0 Å². The molecule has 1 aromatic carbocycles. The summed E-state index contributed by atoms with van der Waals surface area (Å²) < 4.78 is 7.58. The minimum absolute atomic E-state index is 0.475. The normalized spacial score (nSPS) is 18.9. The van der Waals surface area contributed by atoms with E-state index in [1.54, 1.807) is 0 Å². The lowest BCUT2D eigenvalue weighted by Gasteiger charge is -2.29. The van der Waals surface area contributed by atoms with E-state index in [-0.39, 0.29) is 0 Å². The van der Waals surface area contributed by atoms with Gasteiger partial charge in [-0.05, 0) is 38.1 Å². The van der Waals surface area contributed by atoms with E-state index in [4.69, 9.17) is 14.7 Å². The summed E-state index contributed by atoms with van der Waals surface area (Å²) in [7, 11) is 0. The molecular formula is C20H24N6O. The van der Waals surface area contributed by atoms with E-state index in [9.17, 15) is 0 Å². The molecule has 0 bridgehead atoms. The van der Waals surface area contributed by atoms with Gasteiger partial charge in [0.15, 0.2) is 0 Å². The molecule has 0 aliphatic carbocycles. The zero-order chi connectivity index (χ0) is 18.1. The molecule has 27 heavy (non-hydrogen) atoms. The van der Waals surface area contributed by atoms with E-state index < -0.39 is 0 Å². The van der Waals surface area contributed by atoms with Crippen molar-refractivity contribution in [1.82, 2.24) is 24.8 Å². The average Bonchev–Trinajstić information content (AvgIpc) is 3.19. The first kappa shape index (κ1) is 16.6. The number of nitrogens with zero attached hydrogens (tertiary/aromatic N) is 5. The number of imidazole rings is 1. The van der Waals surface area contributed by atoms with Gasteiger partial charge in [0.2, 0.25) is 5.95 Å². The Hall–Kier alpha value is -2.51. The average molecular weight is 364 g/mol. The summed E-state index contributed by atoms with van der Waals surface area (Å²) in [5, 5.41) is 3.44. The van der Waals surface area contributed by atoms with Crippen LogP contribution in [-0.2, 0) is 4.74 Å². The molecular weight excluding hydrogens is 340 g/mol. The highest BCUT2D eigenvalue weighted by Gasteiger charge is 2.22. The molecule has 0 spiro atoms. The van der Waals surface area contributed by atoms with Gasteiger partial charge in [-0.25, -0.2) is 9.97 Å². The second-order valence-electron chi connectivity index (χ2n) is 7.18. The number of nitrogens with one attached hydrogen (secondary N) is 1. The van der Waals surface area contributed by atoms with Crippen molar-refractivity contribution in [2.45, 2.75) is 18.8 Å². The van der Waals surface area contributed by atoms with Crippen LogP contribution in [0.1, 0.15) is 24.5 Å². The minimum atomic E-state index is 0.475. The van der Waals surface area contributed by atoms with Gasteiger partial charge in [-0.2, -0.15) is 4.98 Å². The van der Waals surface area contributed by atoms with Gasteiger partial charge in [-0.1, -0.05) is 12.1 Å². The minimum Gasteiger partial charge on any atom is -0.378 e. The maximum absolute atomic E-state index is 5.51. The number of rotatable bonds is 3. The van der Waals surface area contributed by atoms with Crippen LogP contribution in [0.15, 0.2) is 36.7 Å². The first-order chi connectivity index (χ1) is 13.4. The van der Waals surface area contributed by atoms with Gasteiger partial charge in [0, 0.05) is 25.1 Å². The summed E-state index contributed by atoms with van der Waals surface area (Å²) in [6.07, 6.45) is 4.09. The number of piperidine rings is 1. The Morgan fingerprint density at radius 2 is 1.85 bits per heavy atom. The third-order valence-electron chi connectivity index (χ3n) is 5.47. The number of ether oxygens (including phenoxy) is 1. The van der Waals surface area contributed by atoms with Crippen molar-refractivity contribution >= 4 is 17.0 Å². The molecule has 3 aromatic rings. The van der Waals surface area contributed by atoms with Crippen LogP contribution in [0.5, 0.6) is 0 Å². The summed E-state index contributed by atoms with van der Waals surface area (Å²) in [5.74, 6) is 2.18. The lowest BCUT2D eigenvalue weighted by Crippen LogP contribution is -2.38. The molecule has 4 heterocycles. The number of hydrogen-bond acceptors (Lipinski definition) is 6. The third-order valence-corrected chi connectivity index (χ3v) is 5.47. The first-order valence-electron chi connectivity index (χ1n) is 9.73. The first-order valence-corrected chi connectivity index (χ1v) is 9.73. The largest absolute Gasteiger partial charge is 0.378 e. The second-order valence-corrected chi connectivity index (χ2v) is 7.18. The Balaban J connectivity index is 1.60. The van der Waals surface area contributed by atoms with Gasteiger partial charge in [0.1, 0.15) is 12.1 Å². The van der Waals surface area contributed by atoms with Crippen LogP contribution >= 0.6 is 0 Å². The summed E-state index contributed by atoms with van der Waals surface area (Å²) >= 11 is 0. The SMILES string of the molecule is c1ccc2c(c1)ncn2-c1cc(C2CCNCC2)nc(N2CCOCC2)n1. The molecule has 2 fully saturated rings. The fourth-order valence-electron chi connectivity index (χ4n) is 3.94. The Morgan fingerprint density at radius 3 is 2.70 bits per heavy atom. The predicted molar refractivity (Wildman–Crippen MR) is 105 cm³/mol. The molecule has 2 aliphatic heterocycles. The van der Waals surface area contributed by atoms with Crippen LogP contribution in [0.2, 0.25) is 0 Å². The Kier molecular flexibility index (Phi) is 4.47. The molecule has 2 aliphatic rings. The zero-order valence-electron chi connectivity index (χ0n) is 15.3. The number of aromatic nitrogens is 4. The van der Waals surface area contributed by atoms with Crippen LogP contribution in [0, 0.1) is 0 Å². The van der Waals surface area contributed by atoms with Crippen LogP contribution in [0.25, 0.3) is 16.9 Å². The van der Waals surface area contributed by atoms with Crippen LogP contribution in [-0.4, -0.2) is 58.9 Å². The molecule has 1 N–H and O–H groups in total. The highest BCUT2D eigenvalue weighted by molar-refractivity contribution is 5.76. The standard InChI is InChI=1S/C20H24N6O/c1-2-4-18-16(3-1)22-14-26(18)19-13-17(15-5-7-21-8-6-15)23-20(24-19)25-9-11-27-12-10-25/h1-4,13-15,21H,5-12H2. The molecule has 2 aromatic heterocycles. The van der Waals surface area contributed by atoms with Gasteiger partial charge in [0.05, 0.1) is 29.9 Å². The Labute approximate surface area is 158 Å². The maximum Gasteiger partial charge on any atom is 0.227 e. The molecule has 0 atom stereocenters. The lowest BCUT2D eigenvalue weighted by atomic mass is 9.94. The lowest BCUT2D eigenvalue weighted by molar-refractivity contribution is 0.122. The van der Waals surface area contributed by atoms with Crippen molar-refractivity contribution in [2.75, 3.05) is 44.3 Å². The molecule has 5 rings (SSSR count). The van der Waals surface area contributed by atoms with E-state index in [2.05, 4.69) is 31.9 Å². The summed E-state index contributed by atoms with van der Waals surface area (Å²) in [5.41, 5.74) is 3.19. The number of para-hydroxylation sites is 2. The van der Waals surface area contributed by atoms with E-state index in [0.717, 1.165) is 80.7 Å². The van der Waals surface area contributed by atoms with Gasteiger partial charge >= 0.3 is 0 Å². The summed E-state index contributed by atoms with van der Waals surface area (Å²) in [4.78, 5) is 16.7. The number of morpholine rings is 1. The molecule has 0 saturated carbocycles. The molecule has 0 amide bonds. The highest BCUT2D eigenvalue weighted by atomic mass is 16.5. The number of hydrogen-bond donors (Lipinski definition) is 1. The van der Waals surface area contributed by atoms with E-state index in [1.165, 1.54) is 0 Å². The fraction of sp³-hybridized carbons (Fsp3) is 0.450. The van der Waals surface area contributed by atoms with Crippen molar-refractivity contribution in [3.05, 3.63) is 42.4 Å². The van der Waals surface area contributed by atoms with E-state index in [0.29, 0.717) is 5.92 Å². The fourth-order valence-corrected chi connectivity index (χ4v) is 3.94. The Bertz CT molecular complexity index is 891. The van der Waals surface area contributed by atoms with E-state index >= 15 is 0 Å². The van der Waals surface area contributed by atoms with Crippen molar-refractivity contribution in [2.24, 2.45) is 0 Å². The number of fused-ring (bicyclic) bond motifs is 1. The number of benzene rings is 1. The molecule has 0 radical (unpaired) electrons. The number of anilines is 1. The molecule has 7 heteroatoms. The van der Waals surface area contributed by atoms with Gasteiger partial charge in [-0.15, -0.1) is 0 Å². The monoisotopic (exact) mass is 364 g/mol. The van der Waals surface area contributed by atoms with Crippen molar-refractivity contribution in [3.63, 3.8) is 0 Å². The van der Waals surface area contributed by atoms with Crippen LogP contribution in [0.4, 0.5) is 5.95 Å². The zero-order valence-corrected chi connectivity index (χ0v) is 15.3. The summed E-state index contributed by atoms with van der Waals surface area (Å²) in [6.45, 7) is 5.21. The predicted octanol–water partition coefficient (Wildman–Crippen LogP) is 2.12. The Morgan fingerprint density at radius 1 is 1.04 bits per heavy atom. The second kappa shape index (κ2) is 7.25. The maximum atomic E-state index is 5.51. The smallest absolute Gasteiger partial charge is 0.227 e. The quantitative estimate of drug-likeness (QED) is 0.768. The van der Waals surface area contributed by atoms with Crippen molar-refractivity contribution < 1.29 is 4.74 Å². The molecule has 2 saturated heterocycles. The molecule has 140 valence electrons. The third kappa shape index (κ3) is 3.28. The van der Waals surface area contributed by atoms with Crippen molar-refractivity contribution in [1.29, 1.82) is 0 Å². The van der Waals surface area contributed by atoms with Gasteiger partial charge < -0.3 is 15.0 Å². The molecule has 0 unspecified atom stereocenters.